The quantitative estimate of drug-likeness (QED) is 0.654. The van der Waals surface area contributed by atoms with Crippen molar-refractivity contribution in [2.45, 2.75) is 70.1 Å². The van der Waals surface area contributed by atoms with Gasteiger partial charge in [-0.2, -0.15) is 0 Å². The van der Waals surface area contributed by atoms with E-state index in [0.29, 0.717) is 30.0 Å². The van der Waals surface area contributed by atoms with E-state index in [1.807, 2.05) is 12.1 Å². The van der Waals surface area contributed by atoms with E-state index in [-0.39, 0.29) is 24.1 Å². The zero-order valence-corrected chi connectivity index (χ0v) is 17.3. The van der Waals surface area contributed by atoms with Crippen molar-refractivity contribution < 1.29 is 14.4 Å². The molecule has 1 saturated carbocycles. The van der Waals surface area contributed by atoms with E-state index < -0.39 is 6.04 Å². The summed E-state index contributed by atoms with van der Waals surface area (Å²) in [5.41, 5.74) is 3.37. The number of amides is 3. The number of hydrogen-bond donors (Lipinski definition) is 3. The summed E-state index contributed by atoms with van der Waals surface area (Å²) in [5, 5.41) is 9.59. The lowest BCUT2D eigenvalue weighted by Crippen LogP contribution is -2.52. The third-order valence-electron chi connectivity index (χ3n) is 7.63. The van der Waals surface area contributed by atoms with Gasteiger partial charge in [0.25, 0.3) is 5.91 Å². The number of carbonyl (C=O) groups is 3. The summed E-state index contributed by atoms with van der Waals surface area (Å²) in [7, 11) is 0. The van der Waals surface area contributed by atoms with E-state index in [9.17, 15) is 14.4 Å². The van der Waals surface area contributed by atoms with Crippen LogP contribution in [0.1, 0.15) is 66.4 Å². The molecule has 160 valence electrons. The van der Waals surface area contributed by atoms with Crippen molar-refractivity contribution in [2.24, 2.45) is 5.41 Å². The summed E-state index contributed by atoms with van der Waals surface area (Å²) in [4.78, 5) is 38.3. The number of rotatable bonds is 4. The Balaban J connectivity index is 1.26. The van der Waals surface area contributed by atoms with E-state index in [4.69, 9.17) is 0 Å². The van der Waals surface area contributed by atoms with Crippen molar-refractivity contribution in [1.82, 2.24) is 20.9 Å². The number of nitrogens with one attached hydrogen (secondary N) is 3. The Morgan fingerprint density at radius 2 is 1.93 bits per heavy atom. The Morgan fingerprint density at radius 3 is 2.73 bits per heavy atom. The molecule has 30 heavy (non-hydrogen) atoms. The Kier molecular flexibility index (Phi) is 5.11. The maximum absolute atomic E-state index is 13.0. The fourth-order valence-corrected chi connectivity index (χ4v) is 5.86. The number of carbonyl (C=O) groups excluding carboxylic acids is 3. The first-order valence-corrected chi connectivity index (χ1v) is 11.2. The van der Waals surface area contributed by atoms with E-state index in [1.54, 1.807) is 4.90 Å². The van der Waals surface area contributed by atoms with Gasteiger partial charge in [-0.1, -0.05) is 12.1 Å². The molecule has 1 aromatic carbocycles. The molecule has 3 aliphatic heterocycles. The Morgan fingerprint density at radius 1 is 1.10 bits per heavy atom. The lowest BCUT2D eigenvalue weighted by molar-refractivity contribution is -0.136. The van der Waals surface area contributed by atoms with Crippen LogP contribution in [0.3, 0.4) is 0 Å². The van der Waals surface area contributed by atoms with E-state index in [0.717, 1.165) is 30.8 Å². The minimum Gasteiger partial charge on any atom is -0.322 e. The molecule has 1 aromatic rings. The van der Waals surface area contributed by atoms with Crippen LogP contribution in [0.2, 0.25) is 0 Å². The lowest BCUT2D eigenvalue weighted by atomic mass is 9.77. The maximum atomic E-state index is 13.0. The van der Waals surface area contributed by atoms with Crippen LogP contribution in [-0.2, 0) is 22.7 Å². The smallest absolute Gasteiger partial charge is 0.255 e. The molecule has 4 aliphatic rings. The highest BCUT2D eigenvalue weighted by Crippen LogP contribution is 2.45. The van der Waals surface area contributed by atoms with Gasteiger partial charge in [-0.15, -0.1) is 0 Å². The molecule has 3 N–H and O–H groups in total. The van der Waals surface area contributed by atoms with Crippen LogP contribution in [0, 0.1) is 5.41 Å². The van der Waals surface area contributed by atoms with Crippen LogP contribution in [0.5, 0.6) is 0 Å². The lowest BCUT2D eigenvalue weighted by Gasteiger charge is -2.34. The van der Waals surface area contributed by atoms with Crippen LogP contribution in [0.4, 0.5) is 0 Å². The molecule has 0 bridgehead atoms. The minimum atomic E-state index is -0.557. The first-order chi connectivity index (χ1) is 14.5. The highest BCUT2D eigenvalue weighted by atomic mass is 16.2. The normalized spacial score (nSPS) is 28.1. The summed E-state index contributed by atoms with van der Waals surface area (Å²) in [6.07, 6.45) is 7.01. The van der Waals surface area contributed by atoms with Gasteiger partial charge >= 0.3 is 0 Å². The maximum Gasteiger partial charge on any atom is 0.255 e. The predicted octanol–water partition coefficient (Wildman–Crippen LogP) is 1.46. The molecule has 3 amide bonds. The van der Waals surface area contributed by atoms with Gasteiger partial charge in [-0.25, -0.2) is 0 Å². The molecule has 3 fully saturated rings. The molecule has 5 rings (SSSR count). The molecule has 3 heterocycles. The molecule has 1 aliphatic carbocycles. The van der Waals surface area contributed by atoms with Gasteiger partial charge in [0.05, 0.1) is 0 Å². The summed E-state index contributed by atoms with van der Waals surface area (Å²) < 4.78 is 0. The monoisotopic (exact) mass is 410 g/mol. The van der Waals surface area contributed by atoms with Gasteiger partial charge in [0.2, 0.25) is 11.8 Å². The molecule has 0 aromatic heterocycles. The Labute approximate surface area is 177 Å². The van der Waals surface area contributed by atoms with Crippen molar-refractivity contribution in [3.05, 3.63) is 34.9 Å². The second-order valence-electron chi connectivity index (χ2n) is 9.41. The summed E-state index contributed by atoms with van der Waals surface area (Å²) in [6.45, 7) is 3.46. The third-order valence-corrected chi connectivity index (χ3v) is 7.63. The van der Waals surface area contributed by atoms with Crippen molar-refractivity contribution in [3.8, 4) is 0 Å². The Bertz CT molecular complexity index is 877. The second-order valence-corrected chi connectivity index (χ2v) is 9.41. The third kappa shape index (κ3) is 3.54. The number of imide groups is 1. The second kappa shape index (κ2) is 7.78. The van der Waals surface area contributed by atoms with E-state index in [1.165, 1.54) is 32.1 Å². The van der Waals surface area contributed by atoms with Gasteiger partial charge in [0, 0.05) is 31.1 Å². The predicted molar refractivity (Wildman–Crippen MR) is 112 cm³/mol. The molecule has 7 heteroatoms. The molecule has 1 spiro atoms. The average Bonchev–Trinajstić information content (AvgIpc) is 3.29. The largest absolute Gasteiger partial charge is 0.322 e. The molecule has 2 saturated heterocycles. The molecule has 2 unspecified atom stereocenters. The number of fused-ring (bicyclic) bond motifs is 1. The molecular weight excluding hydrogens is 380 g/mol. The number of hydrogen-bond acceptors (Lipinski definition) is 5. The fraction of sp³-hybridized carbons (Fsp3) is 0.609. The zero-order valence-electron chi connectivity index (χ0n) is 17.3. The van der Waals surface area contributed by atoms with Gasteiger partial charge < -0.3 is 15.5 Å². The van der Waals surface area contributed by atoms with Crippen LogP contribution in [-0.4, -0.2) is 47.8 Å². The number of nitrogens with zero attached hydrogens (tertiary/aromatic N) is 1. The highest BCUT2D eigenvalue weighted by molar-refractivity contribution is 6.05. The van der Waals surface area contributed by atoms with Crippen molar-refractivity contribution >= 4 is 17.7 Å². The van der Waals surface area contributed by atoms with Crippen LogP contribution < -0.4 is 16.0 Å². The van der Waals surface area contributed by atoms with Crippen LogP contribution in [0.15, 0.2) is 18.2 Å². The molecule has 7 nitrogen and oxygen atoms in total. The standard InChI is InChI=1S/C23H30N4O3/c28-20-5-4-19(21(29)26-20)27-14-18-15(2-1-3-17(18)22(27)30)13-25-16-6-7-23(12-16)8-10-24-11-9-23/h1-3,16,19,24-25H,4-14H2,(H,26,28,29). The molecule has 0 radical (unpaired) electrons. The van der Waals surface area contributed by atoms with Crippen molar-refractivity contribution in [1.29, 1.82) is 0 Å². The fourth-order valence-electron chi connectivity index (χ4n) is 5.86. The number of benzene rings is 1. The Hall–Kier alpha value is -2.25. The molecule has 2 atom stereocenters. The van der Waals surface area contributed by atoms with Crippen LogP contribution in [0.25, 0.3) is 0 Å². The summed E-state index contributed by atoms with van der Waals surface area (Å²) in [5.74, 6) is -0.713. The first-order valence-electron chi connectivity index (χ1n) is 11.2. The van der Waals surface area contributed by atoms with Gasteiger partial charge in [0.1, 0.15) is 6.04 Å². The van der Waals surface area contributed by atoms with Crippen molar-refractivity contribution in [3.63, 3.8) is 0 Å². The minimum absolute atomic E-state index is 0.101. The van der Waals surface area contributed by atoms with E-state index >= 15 is 0 Å². The average molecular weight is 411 g/mol. The SMILES string of the molecule is O=C1CCC(N2Cc3c(CNC4CCC5(CCNCC5)C4)cccc3C2=O)C(=O)N1. The summed E-state index contributed by atoms with van der Waals surface area (Å²) in [6, 6.07) is 5.85. The van der Waals surface area contributed by atoms with Crippen molar-refractivity contribution in [2.75, 3.05) is 13.1 Å². The van der Waals surface area contributed by atoms with E-state index in [2.05, 4.69) is 22.0 Å². The van der Waals surface area contributed by atoms with Gasteiger partial charge in [0.15, 0.2) is 0 Å². The number of piperidine rings is 2. The highest BCUT2D eigenvalue weighted by Gasteiger charge is 2.41. The van der Waals surface area contributed by atoms with Crippen LogP contribution >= 0.6 is 0 Å². The zero-order chi connectivity index (χ0) is 20.7. The van der Waals surface area contributed by atoms with Gasteiger partial charge in [-0.05, 0) is 74.2 Å². The summed E-state index contributed by atoms with van der Waals surface area (Å²) >= 11 is 0. The first kappa shape index (κ1) is 19.7. The van der Waals surface area contributed by atoms with Gasteiger partial charge in [-0.3, -0.25) is 19.7 Å². The topological polar surface area (TPSA) is 90.5 Å². The molecular formula is C23H30N4O3.